The zero-order chi connectivity index (χ0) is 19.0. The lowest BCUT2D eigenvalue weighted by Gasteiger charge is -2.16. The minimum Gasteiger partial charge on any atom is -0.491 e. The maximum atomic E-state index is 12.0. The second kappa shape index (κ2) is 9.90. The molecular weight excluding hydrogens is 324 g/mol. The molecule has 7 nitrogen and oxygen atoms in total. The van der Waals surface area contributed by atoms with E-state index in [1.54, 1.807) is 24.3 Å². The van der Waals surface area contributed by atoms with Crippen LogP contribution in [0.2, 0.25) is 0 Å². The lowest BCUT2D eigenvalue weighted by atomic mass is 10.1. The second-order valence-electron chi connectivity index (χ2n) is 6.12. The molecule has 0 aliphatic rings. The van der Waals surface area contributed by atoms with Crippen LogP contribution in [0.25, 0.3) is 0 Å². The van der Waals surface area contributed by atoms with Crippen LogP contribution in [0.15, 0.2) is 24.3 Å². The van der Waals surface area contributed by atoms with Gasteiger partial charge in [0, 0.05) is 26.4 Å². The number of carbonyl (C=O) groups excluding carboxylic acids is 3. The topological polar surface area (TPSA) is 95.9 Å². The molecule has 7 heteroatoms. The minimum absolute atomic E-state index is 0.0552. The van der Waals surface area contributed by atoms with Gasteiger partial charge < -0.3 is 15.2 Å². The molecule has 1 aromatic rings. The van der Waals surface area contributed by atoms with Crippen LogP contribution in [0.3, 0.4) is 0 Å². The summed E-state index contributed by atoms with van der Waals surface area (Å²) in [6, 6.07) is 7.01. The fourth-order valence-electron chi connectivity index (χ4n) is 2.15. The van der Waals surface area contributed by atoms with Crippen molar-refractivity contribution in [2.75, 3.05) is 13.2 Å². The van der Waals surface area contributed by atoms with Crippen molar-refractivity contribution in [2.24, 2.45) is 0 Å². The summed E-state index contributed by atoms with van der Waals surface area (Å²) in [6.45, 7) is 6.93. The van der Waals surface area contributed by atoms with Crippen molar-refractivity contribution >= 4 is 17.7 Å². The van der Waals surface area contributed by atoms with Gasteiger partial charge >= 0.3 is 0 Å². The number of nitrogens with one attached hydrogen (secondary N) is 1. The van der Waals surface area contributed by atoms with Crippen LogP contribution in [0.1, 0.15) is 33.3 Å². The van der Waals surface area contributed by atoms with Gasteiger partial charge in [0.25, 0.3) is 0 Å². The van der Waals surface area contributed by atoms with Crippen molar-refractivity contribution in [2.45, 2.75) is 46.3 Å². The first-order valence-electron chi connectivity index (χ1n) is 8.18. The molecule has 0 aliphatic carbocycles. The predicted molar refractivity (Wildman–Crippen MR) is 93.0 cm³/mol. The fraction of sp³-hybridized carbons (Fsp3) is 0.500. The summed E-state index contributed by atoms with van der Waals surface area (Å²) in [5, 5.41) is 12.9. The molecule has 138 valence electrons. The Hall–Kier alpha value is -2.25. The Morgan fingerprint density at radius 1 is 1.12 bits per heavy atom. The number of hydrogen-bond donors (Lipinski definition) is 2. The maximum absolute atomic E-state index is 12.0. The molecule has 3 amide bonds. The normalized spacial score (nSPS) is 11.9. The Balaban J connectivity index is 2.54. The Morgan fingerprint density at radius 2 is 1.68 bits per heavy atom. The highest BCUT2D eigenvalue weighted by Crippen LogP contribution is 2.14. The summed E-state index contributed by atoms with van der Waals surface area (Å²) in [6.07, 6.45) is -0.677. The van der Waals surface area contributed by atoms with Gasteiger partial charge in [-0.2, -0.15) is 0 Å². The first-order valence-corrected chi connectivity index (χ1v) is 8.18. The monoisotopic (exact) mass is 350 g/mol. The van der Waals surface area contributed by atoms with E-state index in [2.05, 4.69) is 5.32 Å². The molecule has 0 aliphatic heterocycles. The molecule has 1 aromatic carbocycles. The van der Waals surface area contributed by atoms with Crippen LogP contribution in [-0.2, 0) is 20.8 Å². The van der Waals surface area contributed by atoms with E-state index in [0.29, 0.717) is 22.8 Å². The smallest absolute Gasteiger partial charge is 0.240 e. The van der Waals surface area contributed by atoms with Crippen molar-refractivity contribution in [3.05, 3.63) is 29.8 Å². The number of aliphatic hydroxyl groups excluding tert-OH is 1. The first-order chi connectivity index (χ1) is 11.7. The number of nitrogens with zero attached hydrogens (tertiary/aromatic N) is 1. The third kappa shape index (κ3) is 7.45. The minimum atomic E-state index is -0.622. The predicted octanol–water partition coefficient (Wildman–Crippen LogP) is 0.888. The average Bonchev–Trinajstić information content (AvgIpc) is 2.51. The van der Waals surface area contributed by atoms with Gasteiger partial charge in [0.1, 0.15) is 18.5 Å². The van der Waals surface area contributed by atoms with E-state index < -0.39 is 23.8 Å². The second-order valence-corrected chi connectivity index (χ2v) is 6.12. The Labute approximate surface area is 148 Å². The molecule has 0 aromatic heterocycles. The van der Waals surface area contributed by atoms with Gasteiger partial charge in [0.15, 0.2) is 0 Å². The van der Waals surface area contributed by atoms with E-state index in [1.807, 2.05) is 13.8 Å². The molecular formula is C18H26N2O5. The van der Waals surface area contributed by atoms with Gasteiger partial charge in [-0.05, 0) is 17.7 Å². The Kier molecular flexibility index (Phi) is 8.24. The molecule has 0 spiro atoms. The van der Waals surface area contributed by atoms with E-state index in [4.69, 9.17) is 4.74 Å². The highest BCUT2D eigenvalue weighted by molar-refractivity contribution is 6.09. The Morgan fingerprint density at radius 3 is 2.16 bits per heavy atom. The highest BCUT2D eigenvalue weighted by atomic mass is 16.5. The van der Waals surface area contributed by atoms with Crippen molar-refractivity contribution in [1.29, 1.82) is 0 Å². The van der Waals surface area contributed by atoms with Crippen LogP contribution < -0.4 is 10.1 Å². The number of hydrogen-bond acceptors (Lipinski definition) is 6. The maximum Gasteiger partial charge on any atom is 0.240 e. The molecule has 0 saturated carbocycles. The van der Waals surface area contributed by atoms with Crippen molar-refractivity contribution < 1.29 is 24.2 Å². The van der Waals surface area contributed by atoms with E-state index in [0.717, 1.165) is 0 Å². The standard InChI is InChI=1S/C18H26N2O5/c1-12(2)19-10-16(23)11-25-17-7-5-15(6-8-17)9-18(24)20(13(3)21)14(4)22/h5-8,12,16,19,23H,9-11H2,1-4H3. The lowest BCUT2D eigenvalue weighted by molar-refractivity contribution is -0.151. The summed E-state index contributed by atoms with van der Waals surface area (Å²) in [5.74, 6) is -1.19. The third-order valence-corrected chi connectivity index (χ3v) is 3.36. The number of ether oxygens (including phenoxy) is 1. The zero-order valence-corrected chi connectivity index (χ0v) is 15.1. The van der Waals surface area contributed by atoms with E-state index in [9.17, 15) is 19.5 Å². The molecule has 1 atom stereocenters. The molecule has 0 heterocycles. The number of imide groups is 3. The van der Waals surface area contributed by atoms with E-state index in [-0.39, 0.29) is 19.1 Å². The number of carbonyl (C=O) groups is 3. The van der Waals surface area contributed by atoms with Crippen LogP contribution in [0.4, 0.5) is 0 Å². The summed E-state index contributed by atoms with van der Waals surface area (Å²) in [5.41, 5.74) is 0.659. The third-order valence-electron chi connectivity index (χ3n) is 3.36. The van der Waals surface area contributed by atoms with Gasteiger partial charge in [0.2, 0.25) is 17.7 Å². The molecule has 1 rings (SSSR count). The summed E-state index contributed by atoms with van der Waals surface area (Å²) < 4.78 is 5.49. The van der Waals surface area contributed by atoms with Crippen LogP contribution in [-0.4, -0.2) is 53.0 Å². The zero-order valence-electron chi connectivity index (χ0n) is 15.1. The van der Waals surface area contributed by atoms with Crippen molar-refractivity contribution in [3.8, 4) is 5.75 Å². The van der Waals surface area contributed by atoms with Gasteiger partial charge in [0.05, 0.1) is 6.42 Å². The quantitative estimate of drug-likeness (QED) is 0.723. The van der Waals surface area contributed by atoms with Crippen molar-refractivity contribution in [1.82, 2.24) is 10.2 Å². The molecule has 2 N–H and O–H groups in total. The summed E-state index contributed by atoms with van der Waals surface area (Å²) >= 11 is 0. The van der Waals surface area contributed by atoms with E-state index in [1.165, 1.54) is 13.8 Å². The summed E-state index contributed by atoms with van der Waals surface area (Å²) in [4.78, 5) is 35.4. The summed E-state index contributed by atoms with van der Waals surface area (Å²) in [7, 11) is 0. The fourth-order valence-corrected chi connectivity index (χ4v) is 2.15. The Bertz CT molecular complexity index is 584. The molecule has 0 radical (unpaired) electrons. The van der Waals surface area contributed by atoms with Gasteiger partial charge in [-0.25, -0.2) is 4.90 Å². The van der Waals surface area contributed by atoms with E-state index >= 15 is 0 Å². The van der Waals surface area contributed by atoms with Gasteiger partial charge in [-0.1, -0.05) is 26.0 Å². The van der Waals surface area contributed by atoms with Gasteiger partial charge in [-0.3, -0.25) is 14.4 Å². The number of aliphatic hydroxyl groups is 1. The molecule has 1 unspecified atom stereocenters. The van der Waals surface area contributed by atoms with Crippen molar-refractivity contribution in [3.63, 3.8) is 0 Å². The van der Waals surface area contributed by atoms with Gasteiger partial charge in [-0.15, -0.1) is 0 Å². The van der Waals surface area contributed by atoms with Crippen LogP contribution in [0, 0.1) is 0 Å². The molecule has 0 bridgehead atoms. The molecule has 0 fully saturated rings. The molecule has 0 saturated heterocycles. The average molecular weight is 350 g/mol. The SMILES string of the molecule is CC(=O)N(C(C)=O)C(=O)Cc1ccc(OCC(O)CNC(C)C)cc1. The lowest BCUT2D eigenvalue weighted by Crippen LogP contribution is -2.39. The highest BCUT2D eigenvalue weighted by Gasteiger charge is 2.22. The largest absolute Gasteiger partial charge is 0.491 e. The number of benzene rings is 1. The molecule has 25 heavy (non-hydrogen) atoms. The van der Waals surface area contributed by atoms with Crippen LogP contribution >= 0.6 is 0 Å². The van der Waals surface area contributed by atoms with Crippen LogP contribution in [0.5, 0.6) is 5.75 Å². The first kappa shape index (κ1) is 20.8. The number of rotatable bonds is 8. The number of amides is 3.